The second-order valence-corrected chi connectivity index (χ2v) is 6.52. The number of carbonyl (C=O) groups excluding carboxylic acids is 1. The second kappa shape index (κ2) is 7.25. The average molecular weight is 311 g/mol. The third kappa shape index (κ3) is 5.30. The normalized spacial score (nSPS) is 25.6. The number of rotatable bonds is 5. The molecule has 3 N–H and O–H groups in total. The van der Waals surface area contributed by atoms with E-state index in [0.29, 0.717) is 23.2 Å². The largest absolute Gasteiger partial charge is 0.389 e. The van der Waals surface area contributed by atoms with Crippen LogP contribution in [0.5, 0.6) is 0 Å². The molecule has 5 heteroatoms. The van der Waals surface area contributed by atoms with Crippen molar-refractivity contribution >= 4 is 23.2 Å². The lowest BCUT2D eigenvalue weighted by Crippen LogP contribution is -2.45. The lowest BCUT2D eigenvalue weighted by atomic mass is 9.79. The summed E-state index contributed by atoms with van der Waals surface area (Å²) in [5.74, 6) is 0.413. The zero-order valence-electron chi connectivity index (χ0n) is 12.4. The van der Waals surface area contributed by atoms with Gasteiger partial charge >= 0.3 is 0 Å². The molecule has 1 saturated carbocycles. The van der Waals surface area contributed by atoms with E-state index >= 15 is 0 Å². The summed E-state index contributed by atoms with van der Waals surface area (Å²) < 4.78 is 0. The molecular weight excluding hydrogens is 288 g/mol. The first-order chi connectivity index (χ1) is 9.97. The Morgan fingerprint density at radius 3 is 3.05 bits per heavy atom. The minimum atomic E-state index is -0.673. The standard InChI is InChI=1S/C16H23ClN2O2/c1-12-4-3-7-16(21,9-12)11-18-10-15(20)19-14-6-2-5-13(17)8-14/h2,5-6,8,12,18,21H,3-4,7,9-11H2,1H3,(H,19,20). The summed E-state index contributed by atoms with van der Waals surface area (Å²) >= 11 is 5.87. The molecule has 0 aromatic heterocycles. The Bertz CT molecular complexity index is 495. The number of halogens is 1. The van der Waals surface area contributed by atoms with E-state index in [0.717, 1.165) is 19.3 Å². The van der Waals surface area contributed by atoms with Crippen LogP contribution in [0.4, 0.5) is 5.69 Å². The second-order valence-electron chi connectivity index (χ2n) is 6.09. The van der Waals surface area contributed by atoms with Crippen molar-refractivity contribution in [2.75, 3.05) is 18.4 Å². The highest BCUT2D eigenvalue weighted by atomic mass is 35.5. The van der Waals surface area contributed by atoms with Gasteiger partial charge in [-0.3, -0.25) is 4.79 Å². The highest BCUT2D eigenvalue weighted by Crippen LogP contribution is 2.31. The van der Waals surface area contributed by atoms with E-state index < -0.39 is 5.60 Å². The summed E-state index contributed by atoms with van der Waals surface area (Å²) in [6.45, 7) is 2.81. The molecular formula is C16H23ClN2O2. The summed E-state index contributed by atoms with van der Waals surface area (Å²) in [4.78, 5) is 11.8. The molecule has 2 atom stereocenters. The van der Waals surface area contributed by atoms with E-state index in [1.807, 2.05) is 0 Å². The Kier molecular flexibility index (Phi) is 5.62. The molecule has 1 aliphatic rings. The molecule has 1 aromatic rings. The van der Waals surface area contributed by atoms with Crippen LogP contribution < -0.4 is 10.6 Å². The topological polar surface area (TPSA) is 61.4 Å². The number of hydrogen-bond donors (Lipinski definition) is 3. The molecule has 2 unspecified atom stereocenters. The summed E-state index contributed by atoms with van der Waals surface area (Å²) in [7, 11) is 0. The molecule has 1 fully saturated rings. The van der Waals surface area contributed by atoms with E-state index in [1.165, 1.54) is 6.42 Å². The number of amides is 1. The molecule has 2 rings (SSSR count). The van der Waals surface area contributed by atoms with Gasteiger partial charge in [-0.1, -0.05) is 37.4 Å². The summed E-state index contributed by atoms with van der Waals surface area (Å²) in [6, 6.07) is 7.04. The third-order valence-corrected chi connectivity index (χ3v) is 4.15. The smallest absolute Gasteiger partial charge is 0.238 e. The Morgan fingerprint density at radius 2 is 2.33 bits per heavy atom. The van der Waals surface area contributed by atoms with Gasteiger partial charge in [0.25, 0.3) is 0 Å². The average Bonchev–Trinajstić information content (AvgIpc) is 2.38. The van der Waals surface area contributed by atoms with Crippen LogP contribution in [0.3, 0.4) is 0 Å². The zero-order chi connectivity index (χ0) is 15.3. The quantitative estimate of drug-likeness (QED) is 0.783. The Labute approximate surface area is 130 Å². The summed E-state index contributed by atoms with van der Waals surface area (Å²) in [5.41, 5.74) is 0.00729. The maximum atomic E-state index is 11.8. The Balaban J connectivity index is 1.74. The lowest BCUT2D eigenvalue weighted by molar-refractivity contribution is -0.115. The van der Waals surface area contributed by atoms with E-state index in [-0.39, 0.29) is 12.5 Å². The van der Waals surface area contributed by atoms with Gasteiger partial charge in [0.15, 0.2) is 0 Å². The fourth-order valence-electron chi connectivity index (χ4n) is 2.97. The van der Waals surface area contributed by atoms with Crippen molar-refractivity contribution in [3.05, 3.63) is 29.3 Å². The van der Waals surface area contributed by atoms with Crippen LogP contribution in [0.25, 0.3) is 0 Å². The molecule has 1 aromatic carbocycles. The summed E-state index contributed by atoms with van der Waals surface area (Å²) in [5, 5.41) is 16.9. The molecule has 0 bridgehead atoms. The van der Waals surface area contributed by atoms with Crippen LogP contribution in [0.15, 0.2) is 24.3 Å². The van der Waals surface area contributed by atoms with Crippen LogP contribution in [-0.4, -0.2) is 29.7 Å². The number of nitrogens with one attached hydrogen (secondary N) is 2. The van der Waals surface area contributed by atoms with Gasteiger partial charge in [0.1, 0.15) is 0 Å². The minimum absolute atomic E-state index is 0.135. The van der Waals surface area contributed by atoms with E-state index in [1.54, 1.807) is 24.3 Å². The van der Waals surface area contributed by atoms with E-state index in [9.17, 15) is 9.90 Å². The highest BCUT2D eigenvalue weighted by molar-refractivity contribution is 6.30. The van der Waals surface area contributed by atoms with Crippen LogP contribution in [0.1, 0.15) is 32.6 Å². The first kappa shape index (κ1) is 16.3. The molecule has 1 aliphatic carbocycles. The van der Waals surface area contributed by atoms with Crippen LogP contribution in [0.2, 0.25) is 5.02 Å². The fraction of sp³-hybridized carbons (Fsp3) is 0.562. The first-order valence-corrected chi connectivity index (χ1v) is 7.83. The lowest BCUT2D eigenvalue weighted by Gasteiger charge is -2.35. The third-order valence-electron chi connectivity index (χ3n) is 3.92. The predicted octanol–water partition coefficient (Wildman–Crippen LogP) is 2.81. The van der Waals surface area contributed by atoms with Crippen LogP contribution >= 0.6 is 11.6 Å². The number of aliphatic hydroxyl groups is 1. The number of carbonyl (C=O) groups is 1. The van der Waals surface area contributed by atoms with Crippen molar-refractivity contribution in [1.82, 2.24) is 5.32 Å². The Morgan fingerprint density at radius 1 is 1.52 bits per heavy atom. The SMILES string of the molecule is CC1CCCC(O)(CNCC(=O)Nc2cccc(Cl)c2)C1. The summed E-state index contributed by atoms with van der Waals surface area (Å²) in [6.07, 6.45) is 3.84. The maximum Gasteiger partial charge on any atom is 0.238 e. The van der Waals surface area contributed by atoms with Gasteiger partial charge in [-0.15, -0.1) is 0 Å². The fourth-order valence-corrected chi connectivity index (χ4v) is 3.16. The van der Waals surface area contributed by atoms with Gasteiger partial charge in [0, 0.05) is 17.3 Å². The van der Waals surface area contributed by atoms with Crippen molar-refractivity contribution in [2.45, 2.75) is 38.2 Å². The molecule has 0 heterocycles. The van der Waals surface area contributed by atoms with Gasteiger partial charge in [0.05, 0.1) is 12.1 Å². The number of hydrogen-bond acceptors (Lipinski definition) is 3. The zero-order valence-corrected chi connectivity index (χ0v) is 13.1. The molecule has 0 radical (unpaired) electrons. The molecule has 21 heavy (non-hydrogen) atoms. The molecule has 1 amide bonds. The molecule has 0 saturated heterocycles. The number of benzene rings is 1. The van der Waals surface area contributed by atoms with Gasteiger partial charge in [-0.25, -0.2) is 0 Å². The minimum Gasteiger partial charge on any atom is -0.389 e. The maximum absolute atomic E-state index is 11.8. The van der Waals surface area contributed by atoms with Gasteiger partial charge < -0.3 is 15.7 Å². The molecule has 4 nitrogen and oxygen atoms in total. The van der Waals surface area contributed by atoms with Crippen molar-refractivity contribution in [3.8, 4) is 0 Å². The molecule has 0 spiro atoms. The van der Waals surface area contributed by atoms with Crippen LogP contribution in [0, 0.1) is 5.92 Å². The van der Waals surface area contributed by atoms with Crippen molar-refractivity contribution in [1.29, 1.82) is 0 Å². The number of anilines is 1. The van der Waals surface area contributed by atoms with E-state index in [2.05, 4.69) is 17.6 Å². The highest BCUT2D eigenvalue weighted by Gasteiger charge is 2.32. The Hall–Kier alpha value is -1.10. The van der Waals surface area contributed by atoms with Gasteiger partial charge in [0.2, 0.25) is 5.91 Å². The predicted molar refractivity (Wildman–Crippen MR) is 85.5 cm³/mol. The van der Waals surface area contributed by atoms with Crippen molar-refractivity contribution in [3.63, 3.8) is 0 Å². The van der Waals surface area contributed by atoms with Gasteiger partial charge in [-0.05, 0) is 37.0 Å². The molecule has 116 valence electrons. The van der Waals surface area contributed by atoms with Crippen LogP contribution in [-0.2, 0) is 4.79 Å². The van der Waals surface area contributed by atoms with E-state index in [4.69, 9.17) is 11.6 Å². The van der Waals surface area contributed by atoms with Crippen molar-refractivity contribution < 1.29 is 9.90 Å². The molecule has 0 aliphatic heterocycles. The van der Waals surface area contributed by atoms with Crippen molar-refractivity contribution in [2.24, 2.45) is 5.92 Å². The van der Waals surface area contributed by atoms with Gasteiger partial charge in [-0.2, -0.15) is 0 Å². The first-order valence-electron chi connectivity index (χ1n) is 7.45. The monoisotopic (exact) mass is 310 g/mol.